The lowest BCUT2D eigenvalue weighted by molar-refractivity contribution is 0.0971. The minimum atomic E-state index is -0.371. The fourth-order valence-corrected chi connectivity index (χ4v) is 4.03. The summed E-state index contributed by atoms with van der Waals surface area (Å²) in [6.45, 7) is 7.64. The largest absolute Gasteiger partial charge is 0.381 e. The van der Waals surface area contributed by atoms with Crippen LogP contribution in [0.25, 0.3) is 0 Å². The number of carbonyl (C=O) groups excluding carboxylic acids is 1. The number of thiazole rings is 1. The number of nitrogens with one attached hydrogen (secondary N) is 1. The van der Waals surface area contributed by atoms with Crippen molar-refractivity contribution in [3.8, 4) is 0 Å². The van der Waals surface area contributed by atoms with Crippen LogP contribution in [-0.4, -0.2) is 57.8 Å². The van der Waals surface area contributed by atoms with Gasteiger partial charge >= 0.3 is 5.91 Å². The number of aromatic amines is 1. The molecular formula is C18H24ClN5O2S. The molecule has 2 aromatic heterocycles. The maximum Gasteiger partial charge on any atom is 0.312 e. The van der Waals surface area contributed by atoms with E-state index in [4.69, 9.17) is 16.3 Å². The van der Waals surface area contributed by atoms with E-state index in [9.17, 15) is 4.79 Å². The quantitative estimate of drug-likeness (QED) is 0.759. The van der Waals surface area contributed by atoms with E-state index in [0.717, 1.165) is 37.5 Å². The summed E-state index contributed by atoms with van der Waals surface area (Å²) in [7, 11) is 0. The number of aliphatic imine (C=N–C) groups is 1. The Bertz CT molecular complexity index is 790. The predicted molar refractivity (Wildman–Crippen MR) is 107 cm³/mol. The second-order valence-electron chi connectivity index (χ2n) is 6.43. The van der Waals surface area contributed by atoms with Crippen molar-refractivity contribution < 1.29 is 9.53 Å². The van der Waals surface area contributed by atoms with Crippen molar-refractivity contribution in [3.05, 3.63) is 33.3 Å². The highest BCUT2D eigenvalue weighted by Crippen LogP contribution is 2.20. The van der Waals surface area contributed by atoms with E-state index in [2.05, 4.69) is 24.8 Å². The van der Waals surface area contributed by atoms with Crippen LogP contribution in [0.15, 0.2) is 16.7 Å². The lowest BCUT2D eigenvalue weighted by Gasteiger charge is -2.33. The average molecular weight is 410 g/mol. The van der Waals surface area contributed by atoms with E-state index in [0.29, 0.717) is 24.8 Å². The van der Waals surface area contributed by atoms with Gasteiger partial charge in [-0.15, -0.1) is 11.3 Å². The molecule has 1 aliphatic rings. The molecule has 0 unspecified atom stereocenters. The van der Waals surface area contributed by atoms with Gasteiger partial charge in [-0.1, -0.05) is 18.5 Å². The van der Waals surface area contributed by atoms with Gasteiger partial charge in [0.2, 0.25) is 0 Å². The van der Waals surface area contributed by atoms with E-state index < -0.39 is 0 Å². The highest BCUT2D eigenvalue weighted by molar-refractivity contribution is 7.09. The summed E-state index contributed by atoms with van der Waals surface area (Å²) in [6, 6.07) is 0. The second kappa shape index (κ2) is 9.54. The molecule has 0 bridgehead atoms. The van der Waals surface area contributed by atoms with Crippen LogP contribution in [0.5, 0.6) is 0 Å². The van der Waals surface area contributed by atoms with Gasteiger partial charge in [0.15, 0.2) is 11.0 Å². The van der Waals surface area contributed by atoms with Crippen molar-refractivity contribution in [2.75, 3.05) is 26.3 Å². The molecule has 0 spiro atoms. The molecule has 0 radical (unpaired) electrons. The zero-order valence-corrected chi connectivity index (χ0v) is 17.1. The number of amides is 1. The molecule has 27 heavy (non-hydrogen) atoms. The highest BCUT2D eigenvalue weighted by Gasteiger charge is 2.27. The van der Waals surface area contributed by atoms with Crippen molar-refractivity contribution >= 4 is 34.6 Å². The number of hydrogen-bond acceptors (Lipinski definition) is 6. The zero-order valence-electron chi connectivity index (χ0n) is 15.6. The number of H-pyrrole nitrogens is 1. The first kappa shape index (κ1) is 20.1. The number of piperidine rings is 1. The highest BCUT2D eigenvalue weighted by atomic mass is 35.5. The Morgan fingerprint density at radius 1 is 1.52 bits per heavy atom. The van der Waals surface area contributed by atoms with Crippen molar-refractivity contribution in [3.63, 3.8) is 0 Å². The van der Waals surface area contributed by atoms with Gasteiger partial charge < -0.3 is 9.72 Å². The van der Waals surface area contributed by atoms with Crippen LogP contribution in [-0.2, 0) is 17.7 Å². The fourth-order valence-electron chi connectivity index (χ4n) is 3.13. The summed E-state index contributed by atoms with van der Waals surface area (Å²) >= 11 is 7.70. The number of likely N-dealkylation sites (tertiary alicyclic amines) is 1. The molecule has 1 N–H and O–H groups in total. The number of aromatic nitrogens is 3. The Balaban J connectivity index is 1.71. The third kappa shape index (κ3) is 5.22. The molecule has 3 heterocycles. The number of carbonyl (C=O) groups is 1. The second-order valence-corrected chi connectivity index (χ2v) is 7.75. The van der Waals surface area contributed by atoms with Crippen LogP contribution in [0.1, 0.15) is 41.5 Å². The average Bonchev–Trinajstić information content (AvgIpc) is 3.30. The Labute approximate surface area is 167 Å². The molecule has 1 saturated heterocycles. The van der Waals surface area contributed by atoms with E-state index in [1.54, 1.807) is 11.3 Å². The van der Waals surface area contributed by atoms with Gasteiger partial charge in [-0.2, -0.15) is 0 Å². The minimum Gasteiger partial charge on any atom is -0.381 e. The number of nitrogens with zero attached hydrogens (tertiary/aromatic N) is 4. The first-order valence-corrected chi connectivity index (χ1v) is 10.4. The van der Waals surface area contributed by atoms with Gasteiger partial charge in [0.05, 0.1) is 17.8 Å². The molecule has 0 aromatic carbocycles. The van der Waals surface area contributed by atoms with Gasteiger partial charge in [-0.3, -0.25) is 14.7 Å². The molecule has 0 saturated carbocycles. The molecule has 146 valence electrons. The zero-order chi connectivity index (χ0) is 19.2. The van der Waals surface area contributed by atoms with E-state index in [-0.39, 0.29) is 17.6 Å². The van der Waals surface area contributed by atoms with Gasteiger partial charge in [0, 0.05) is 48.9 Å². The Kier molecular flexibility index (Phi) is 7.12. The molecule has 3 rings (SSSR count). The number of imidazole rings is 1. The minimum absolute atomic E-state index is 0.0895. The Morgan fingerprint density at radius 2 is 2.37 bits per heavy atom. The first-order valence-electron chi connectivity index (χ1n) is 9.14. The maximum absolute atomic E-state index is 12.6. The monoisotopic (exact) mass is 409 g/mol. The standard InChI is InChI=1S/C18H24ClN5O2S/c1-3-14-16(19)23-17(21-14)18(25)22-15-5-6-24(8-12(15)10-26-4-2)9-13-7-20-11-27-13/h7,11-12H,3-6,8-10H2,1-2H3,(H,21,23)/t12-/m1/s1. The Hall–Kier alpha value is -1.61. The number of ether oxygens (including phenoxy) is 1. The lowest BCUT2D eigenvalue weighted by Crippen LogP contribution is -2.42. The Morgan fingerprint density at radius 3 is 3.04 bits per heavy atom. The van der Waals surface area contributed by atoms with Crippen molar-refractivity contribution in [2.24, 2.45) is 10.9 Å². The molecule has 9 heteroatoms. The molecule has 7 nitrogen and oxygen atoms in total. The third-order valence-corrected chi connectivity index (χ3v) is 5.63. The number of halogens is 1. The number of rotatable bonds is 7. The SMILES string of the molecule is CCOC[C@H]1CN(Cc2cncs2)CCC1=NC(=O)c1nc(Cl)c(CC)[nH]1. The van der Waals surface area contributed by atoms with Crippen molar-refractivity contribution in [1.82, 2.24) is 19.9 Å². The summed E-state index contributed by atoms with van der Waals surface area (Å²) in [5, 5.41) is 0.339. The summed E-state index contributed by atoms with van der Waals surface area (Å²) < 4.78 is 5.64. The van der Waals surface area contributed by atoms with E-state index in [1.165, 1.54) is 4.88 Å². The third-order valence-electron chi connectivity index (χ3n) is 4.55. The summed E-state index contributed by atoms with van der Waals surface area (Å²) in [4.78, 5) is 31.7. The molecule has 1 fully saturated rings. The summed E-state index contributed by atoms with van der Waals surface area (Å²) in [5.41, 5.74) is 3.48. The first-order chi connectivity index (χ1) is 13.1. The number of hydrogen-bond donors (Lipinski definition) is 1. The van der Waals surface area contributed by atoms with E-state index >= 15 is 0 Å². The smallest absolute Gasteiger partial charge is 0.312 e. The molecule has 0 aliphatic carbocycles. The van der Waals surface area contributed by atoms with Crippen LogP contribution >= 0.6 is 22.9 Å². The van der Waals surface area contributed by atoms with Crippen molar-refractivity contribution in [1.29, 1.82) is 0 Å². The fraction of sp³-hybridized carbons (Fsp3) is 0.556. The van der Waals surface area contributed by atoms with Gasteiger partial charge in [-0.25, -0.2) is 9.98 Å². The molecular weight excluding hydrogens is 386 g/mol. The van der Waals surface area contributed by atoms with Crippen LogP contribution < -0.4 is 0 Å². The van der Waals surface area contributed by atoms with Gasteiger partial charge in [-0.05, 0) is 19.8 Å². The molecule has 1 aliphatic heterocycles. The normalized spacial score (nSPS) is 19.7. The predicted octanol–water partition coefficient (Wildman–Crippen LogP) is 3.22. The molecule has 2 aromatic rings. The van der Waals surface area contributed by atoms with E-state index in [1.807, 2.05) is 25.6 Å². The molecule has 1 atom stereocenters. The lowest BCUT2D eigenvalue weighted by atomic mass is 9.96. The summed E-state index contributed by atoms with van der Waals surface area (Å²) in [5.74, 6) is -0.0812. The van der Waals surface area contributed by atoms with Crippen LogP contribution in [0, 0.1) is 5.92 Å². The van der Waals surface area contributed by atoms with Crippen molar-refractivity contribution in [2.45, 2.75) is 33.2 Å². The topological polar surface area (TPSA) is 83.5 Å². The number of aryl methyl sites for hydroxylation is 1. The van der Waals surface area contributed by atoms with Gasteiger partial charge in [0.1, 0.15) is 0 Å². The van der Waals surface area contributed by atoms with Gasteiger partial charge in [0.25, 0.3) is 0 Å². The maximum atomic E-state index is 12.6. The molecule has 1 amide bonds. The van der Waals surface area contributed by atoms with Crippen LogP contribution in [0.2, 0.25) is 5.15 Å². The van der Waals surface area contributed by atoms with Crippen LogP contribution in [0.4, 0.5) is 0 Å². The van der Waals surface area contributed by atoms with Crippen LogP contribution in [0.3, 0.4) is 0 Å². The summed E-state index contributed by atoms with van der Waals surface area (Å²) in [6.07, 6.45) is 3.33.